The van der Waals surface area contributed by atoms with Gasteiger partial charge in [0.15, 0.2) is 0 Å². The van der Waals surface area contributed by atoms with E-state index in [0.717, 1.165) is 17.1 Å². The lowest BCUT2D eigenvalue weighted by atomic mass is 10.0. The summed E-state index contributed by atoms with van der Waals surface area (Å²) >= 11 is 0. The van der Waals surface area contributed by atoms with Gasteiger partial charge in [-0.25, -0.2) is 0 Å². The molecule has 1 heteroatoms. The predicted molar refractivity (Wildman–Crippen MR) is 104 cm³/mol. The molecule has 23 heavy (non-hydrogen) atoms. The topological polar surface area (TPSA) is 0 Å². The van der Waals surface area contributed by atoms with Crippen molar-refractivity contribution in [1.29, 1.82) is 0 Å². The van der Waals surface area contributed by atoms with E-state index >= 15 is 0 Å². The first-order valence-corrected chi connectivity index (χ1v) is 9.96. The van der Waals surface area contributed by atoms with Crippen molar-refractivity contribution in [3.8, 4) is 0 Å². The summed E-state index contributed by atoms with van der Waals surface area (Å²) in [7, 11) is 4.82. The number of quaternary nitrogens is 1. The van der Waals surface area contributed by atoms with E-state index in [0.29, 0.717) is 0 Å². The summed E-state index contributed by atoms with van der Waals surface area (Å²) in [5.41, 5.74) is 1.46. The van der Waals surface area contributed by atoms with Crippen LogP contribution < -0.4 is 0 Å². The van der Waals surface area contributed by atoms with Crippen LogP contribution in [0.1, 0.15) is 83.6 Å². The number of nitrogens with zero attached hydrogens (tertiary/aromatic N) is 1. The van der Waals surface area contributed by atoms with E-state index in [9.17, 15) is 0 Å². The van der Waals surface area contributed by atoms with E-state index in [1.165, 1.54) is 69.8 Å². The van der Waals surface area contributed by atoms with Crippen LogP contribution in [0.4, 0.5) is 0 Å². The van der Waals surface area contributed by atoms with Crippen LogP contribution in [0.3, 0.4) is 0 Å². The van der Waals surface area contributed by atoms with Crippen molar-refractivity contribution in [2.75, 3.05) is 14.1 Å². The Morgan fingerprint density at radius 3 is 1.91 bits per heavy atom. The number of benzene rings is 1. The van der Waals surface area contributed by atoms with Gasteiger partial charge in [0.25, 0.3) is 0 Å². The van der Waals surface area contributed by atoms with E-state index < -0.39 is 0 Å². The maximum atomic E-state index is 2.41. The Morgan fingerprint density at radius 1 is 0.783 bits per heavy atom. The highest BCUT2D eigenvalue weighted by Gasteiger charge is 2.26. The average molecular weight is 319 g/mol. The first-order chi connectivity index (χ1) is 11.1. The van der Waals surface area contributed by atoms with Gasteiger partial charge in [-0.15, -0.1) is 0 Å². The van der Waals surface area contributed by atoms with Gasteiger partial charge in [0.1, 0.15) is 6.54 Å². The molecule has 1 unspecified atom stereocenters. The normalized spacial score (nSPS) is 13.2. The zero-order valence-corrected chi connectivity index (χ0v) is 16.2. The van der Waals surface area contributed by atoms with Crippen LogP contribution in [0.25, 0.3) is 0 Å². The Kier molecular flexibility index (Phi) is 10.3. The van der Waals surface area contributed by atoms with Gasteiger partial charge < -0.3 is 4.48 Å². The molecule has 0 amide bonds. The molecule has 0 saturated heterocycles. The van der Waals surface area contributed by atoms with Crippen LogP contribution in [0, 0.1) is 0 Å². The lowest BCUT2D eigenvalue weighted by molar-refractivity contribution is -0.928. The minimum atomic E-state index is 0.787. The third-order valence-corrected chi connectivity index (χ3v) is 5.28. The first-order valence-electron chi connectivity index (χ1n) is 9.96. The monoisotopic (exact) mass is 318 g/mol. The van der Waals surface area contributed by atoms with Crippen LogP contribution >= 0.6 is 0 Å². The summed E-state index contributed by atoms with van der Waals surface area (Å²) in [4.78, 5) is 0. The molecule has 0 saturated carbocycles. The Hall–Kier alpha value is -0.820. The summed E-state index contributed by atoms with van der Waals surface area (Å²) in [6.07, 6.45) is 14.0. The first kappa shape index (κ1) is 20.2. The minimum Gasteiger partial charge on any atom is -0.322 e. The molecule has 1 atom stereocenters. The molecule has 0 aromatic heterocycles. The molecule has 0 aliphatic heterocycles. The van der Waals surface area contributed by atoms with Crippen molar-refractivity contribution >= 4 is 0 Å². The largest absolute Gasteiger partial charge is 0.322 e. The predicted octanol–water partition coefficient (Wildman–Crippen LogP) is 6.57. The molecule has 0 aliphatic rings. The third kappa shape index (κ3) is 8.55. The number of hydrogen-bond donors (Lipinski definition) is 0. The summed E-state index contributed by atoms with van der Waals surface area (Å²) in [5.74, 6) is 0. The Labute approximate surface area is 145 Å². The molecule has 1 rings (SSSR count). The van der Waals surface area contributed by atoms with Crippen LogP contribution in [-0.4, -0.2) is 24.6 Å². The van der Waals surface area contributed by atoms with Gasteiger partial charge in [-0.2, -0.15) is 0 Å². The SMILES string of the molecule is CCCCCCCCCCC(CC)[N+](C)(C)Cc1ccccc1. The van der Waals surface area contributed by atoms with Gasteiger partial charge in [-0.05, 0) is 19.3 Å². The van der Waals surface area contributed by atoms with Gasteiger partial charge in [0, 0.05) is 5.56 Å². The Balaban J connectivity index is 2.26. The standard InChI is InChI=1S/C22H40N/c1-5-7-8-9-10-11-12-16-19-22(6-2)23(3,4)20-21-17-14-13-15-18-21/h13-15,17-18,22H,5-12,16,19-20H2,1-4H3/q+1. The fourth-order valence-corrected chi connectivity index (χ4v) is 3.74. The second-order valence-electron chi connectivity index (χ2n) is 7.75. The lowest BCUT2D eigenvalue weighted by Crippen LogP contribution is -2.47. The van der Waals surface area contributed by atoms with Crippen LogP contribution in [-0.2, 0) is 6.54 Å². The second kappa shape index (κ2) is 11.7. The second-order valence-corrected chi connectivity index (χ2v) is 7.75. The maximum absolute atomic E-state index is 2.41. The summed E-state index contributed by atoms with van der Waals surface area (Å²) in [5, 5.41) is 0. The van der Waals surface area contributed by atoms with Crippen molar-refractivity contribution in [3.63, 3.8) is 0 Å². The maximum Gasteiger partial charge on any atom is 0.104 e. The van der Waals surface area contributed by atoms with Crippen molar-refractivity contribution in [2.24, 2.45) is 0 Å². The molecule has 0 N–H and O–H groups in total. The van der Waals surface area contributed by atoms with Crippen LogP contribution in [0.2, 0.25) is 0 Å². The highest BCUT2D eigenvalue weighted by molar-refractivity contribution is 5.13. The zero-order valence-electron chi connectivity index (χ0n) is 16.2. The third-order valence-electron chi connectivity index (χ3n) is 5.28. The highest BCUT2D eigenvalue weighted by Crippen LogP contribution is 2.22. The van der Waals surface area contributed by atoms with Gasteiger partial charge in [-0.3, -0.25) is 0 Å². The zero-order chi connectivity index (χ0) is 17.0. The fourth-order valence-electron chi connectivity index (χ4n) is 3.74. The van der Waals surface area contributed by atoms with E-state index in [-0.39, 0.29) is 0 Å². The molecular weight excluding hydrogens is 278 g/mol. The number of unbranched alkanes of at least 4 members (excludes halogenated alkanes) is 7. The van der Waals surface area contributed by atoms with Gasteiger partial charge in [0.2, 0.25) is 0 Å². The van der Waals surface area contributed by atoms with E-state index in [4.69, 9.17) is 0 Å². The molecule has 0 aliphatic carbocycles. The van der Waals surface area contributed by atoms with Crippen LogP contribution in [0.15, 0.2) is 30.3 Å². The smallest absolute Gasteiger partial charge is 0.104 e. The van der Waals surface area contributed by atoms with Crippen molar-refractivity contribution < 1.29 is 4.48 Å². The average Bonchev–Trinajstić information content (AvgIpc) is 2.53. The highest BCUT2D eigenvalue weighted by atomic mass is 15.3. The summed E-state index contributed by atoms with van der Waals surface area (Å²) in [6.45, 7) is 5.80. The van der Waals surface area contributed by atoms with E-state index in [2.05, 4.69) is 58.3 Å². The number of rotatable bonds is 13. The fraction of sp³-hybridized carbons (Fsp3) is 0.727. The lowest BCUT2D eigenvalue weighted by Gasteiger charge is -2.38. The molecule has 1 nitrogen and oxygen atoms in total. The molecule has 1 aromatic carbocycles. The molecule has 0 bridgehead atoms. The van der Waals surface area contributed by atoms with Gasteiger partial charge in [-0.1, -0.05) is 89.1 Å². The molecule has 0 spiro atoms. The Morgan fingerprint density at radius 2 is 1.35 bits per heavy atom. The van der Waals surface area contributed by atoms with Crippen molar-refractivity contribution in [1.82, 2.24) is 0 Å². The molecule has 0 fully saturated rings. The summed E-state index contributed by atoms with van der Waals surface area (Å²) in [6, 6.07) is 11.8. The van der Waals surface area contributed by atoms with Gasteiger partial charge in [0.05, 0.1) is 20.1 Å². The molecule has 0 radical (unpaired) electrons. The van der Waals surface area contributed by atoms with Gasteiger partial charge >= 0.3 is 0 Å². The molecular formula is C22H40N+. The molecule has 1 aromatic rings. The van der Waals surface area contributed by atoms with E-state index in [1.807, 2.05) is 0 Å². The Bertz CT molecular complexity index is 382. The van der Waals surface area contributed by atoms with Crippen molar-refractivity contribution in [3.05, 3.63) is 35.9 Å². The van der Waals surface area contributed by atoms with Crippen molar-refractivity contribution in [2.45, 2.75) is 90.6 Å². The van der Waals surface area contributed by atoms with Crippen LogP contribution in [0.5, 0.6) is 0 Å². The van der Waals surface area contributed by atoms with E-state index in [1.54, 1.807) is 0 Å². The minimum absolute atomic E-state index is 0.787. The molecule has 132 valence electrons. The molecule has 0 heterocycles. The quantitative estimate of drug-likeness (QED) is 0.285. The number of hydrogen-bond acceptors (Lipinski definition) is 0. The summed E-state index contributed by atoms with van der Waals surface area (Å²) < 4.78 is 1.12.